The Balaban J connectivity index is 1.58. The second-order valence-corrected chi connectivity index (χ2v) is 6.88. The van der Waals surface area contributed by atoms with Crippen molar-refractivity contribution in [3.63, 3.8) is 0 Å². The predicted octanol–water partition coefficient (Wildman–Crippen LogP) is 3.67. The summed E-state index contributed by atoms with van der Waals surface area (Å²) in [4.78, 5) is 24.5. The highest BCUT2D eigenvalue weighted by atomic mass is 35.5. The van der Waals surface area contributed by atoms with Gasteiger partial charge in [-0.25, -0.2) is 8.78 Å². The summed E-state index contributed by atoms with van der Waals surface area (Å²) < 4.78 is 32.2. The Labute approximate surface area is 176 Å². The van der Waals surface area contributed by atoms with Crippen molar-refractivity contribution in [3.05, 3.63) is 76.0 Å². The first-order chi connectivity index (χ1) is 14.4. The molecule has 0 aliphatic rings. The zero-order valence-corrected chi connectivity index (χ0v) is 16.7. The molecule has 9 heteroatoms. The van der Waals surface area contributed by atoms with Gasteiger partial charge in [-0.15, -0.1) is 0 Å². The summed E-state index contributed by atoms with van der Waals surface area (Å²) >= 11 is 6.07. The van der Waals surface area contributed by atoms with Crippen molar-refractivity contribution < 1.29 is 22.9 Å². The third-order valence-electron chi connectivity index (χ3n) is 4.30. The lowest BCUT2D eigenvalue weighted by molar-refractivity contribution is -0.120. The van der Waals surface area contributed by atoms with Gasteiger partial charge in [0, 0.05) is 13.1 Å². The van der Waals surface area contributed by atoms with Gasteiger partial charge in [-0.2, -0.15) is 0 Å². The molecule has 3 aromatic rings. The van der Waals surface area contributed by atoms with Crippen LogP contribution >= 0.6 is 11.6 Å². The van der Waals surface area contributed by atoms with Crippen molar-refractivity contribution in [3.8, 4) is 11.3 Å². The number of rotatable bonds is 7. The highest BCUT2D eigenvalue weighted by Crippen LogP contribution is 2.33. The van der Waals surface area contributed by atoms with Crippen molar-refractivity contribution in [1.29, 1.82) is 0 Å². The van der Waals surface area contributed by atoms with Gasteiger partial charge in [-0.05, 0) is 36.8 Å². The molecule has 1 heterocycles. The van der Waals surface area contributed by atoms with Gasteiger partial charge in [0.05, 0.1) is 17.0 Å². The minimum absolute atomic E-state index is 0.00782. The van der Waals surface area contributed by atoms with E-state index in [9.17, 15) is 18.4 Å². The van der Waals surface area contributed by atoms with Gasteiger partial charge in [0.2, 0.25) is 5.91 Å². The first-order valence-electron chi connectivity index (χ1n) is 9.07. The molecule has 1 aromatic heterocycles. The molecule has 2 N–H and O–H groups in total. The number of nitrogens with one attached hydrogen (secondary N) is 2. The monoisotopic (exact) mass is 433 g/mol. The Morgan fingerprint density at radius 3 is 2.47 bits per heavy atom. The minimum Gasteiger partial charge on any atom is -0.360 e. The highest BCUT2D eigenvalue weighted by Gasteiger charge is 2.25. The van der Waals surface area contributed by atoms with E-state index in [1.54, 1.807) is 0 Å². The topological polar surface area (TPSA) is 84.2 Å². The van der Waals surface area contributed by atoms with Crippen LogP contribution < -0.4 is 10.6 Å². The van der Waals surface area contributed by atoms with Crippen LogP contribution in [0, 0.1) is 18.6 Å². The summed E-state index contributed by atoms with van der Waals surface area (Å²) in [7, 11) is 0. The Kier molecular flexibility index (Phi) is 6.79. The van der Waals surface area contributed by atoms with Gasteiger partial charge in [-0.3, -0.25) is 9.59 Å². The molecular formula is C21H18ClF2N3O3. The second kappa shape index (κ2) is 9.49. The van der Waals surface area contributed by atoms with Crippen LogP contribution in [0.4, 0.5) is 8.78 Å². The minimum atomic E-state index is -0.627. The standard InChI is InChI=1S/C21H18ClF2N3O3/c1-12-18(20(27-30-12)19-15(22)3-2-4-16(19)24)21(29)26-10-9-25-17(28)11-13-5-7-14(23)8-6-13/h2-8H,9-11H2,1H3,(H,25,28)(H,26,29). The summed E-state index contributed by atoms with van der Waals surface area (Å²) in [5.74, 6) is -1.59. The van der Waals surface area contributed by atoms with Crippen LogP contribution in [-0.4, -0.2) is 30.1 Å². The SMILES string of the molecule is Cc1onc(-c2c(F)cccc2Cl)c1C(=O)NCCNC(=O)Cc1ccc(F)cc1. The van der Waals surface area contributed by atoms with Gasteiger partial charge in [0.1, 0.15) is 28.7 Å². The number of hydrogen-bond donors (Lipinski definition) is 2. The molecule has 0 aliphatic heterocycles. The normalized spacial score (nSPS) is 10.7. The number of aromatic nitrogens is 1. The molecule has 3 rings (SSSR count). The Bertz CT molecular complexity index is 1050. The maximum atomic E-state index is 14.2. The molecule has 156 valence electrons. The molecule has 30 heavy (non-hydrogen) atoms. The molecule has 0 unspecified atom stereocenters. The third kappa shape index (κ3) is 5.01. The summed E-state index contributed by atoms with van der Waals surface area (Å²) in [5, 5.41) is 9.17. The molecule has 0 saturated heterocycles. The maximum Gasteiger partial charge on any atom is 0.257 e. The fourth-order valence-corrected chi connectivity index (χ4v) is 3.10. The number of carbonyl (C=O) groups is 2. The van der Waals surface area contributed by atoms with Crippen LogP contribution in [0.15, 0.2) is 47.0 Å². The summed E-state index contributed by atoms with van der Waals surface area (Å²) in [6.07, 6.45) is 0.0922. The zero-order valence-electron chi connectivity index (χ0n) is 16.0. The van der Waals surface area contributed by atoms with Crippen LogP contribution in [0.1, 0.15) is 21.7 Å². The molecule has 6 nitrogen and oxygen atoms in total. The number of aryl methyl sites for hydroxylation is 1. The van der Waals surface area contributed by atoms with Gasteiger partial charge >= 0.3 is 0 Å². The molecular weight excluding hydrogens is 416 g/mol. The first kappa shape index (κ1) is 21.4. The lowest BCUT2D eigenvalue weighted by Gasteiger charge is -2.09. The molecule has 0 fully saturated rings. The van der Waals surface area contributed by atoms with E-state index in [2.05, 4.69) is 15.8 Å². The zero-order chi connectivity index (χ0) is 21.7. The number of hydrogen-bond acceptors (Lipinski definition) is 4. The quantitative estimate of drug-likeness (QED) is 0.557. The number of halogens is 3. The Morgan fingerprint density at radius 2 is 1.77 bits per heavy atom. The molecule has 2 aromatic carbocycles. The van der Waals surface area contributed by atoms with E-state index in [1.165, 1.54) is 49.4 Å². The fourth-order valence-electron chi connectivity index (χ4n) is 2.85. The third-order valence-corrected chi connectivity index (χ3v) is 4.61. The summed E-state index contributed by atoms with van der Waals surface area (Å²) in [6, 6.07) is 9.77. The van der Waals surface area contributed by atoms with E-state index in [4.69, 9.17) is 16.1 Å². The fraction of sp³-hybridized carbons (Fsp3) is 0.190. The molecule has 0 spiro atoms. The molecule has 0 saturated carbocycles. The van der Waals surface area contributed by atoms with Crippen LogP contribution in [0.2, 0.25) is 5.02 Å². The number of carbonyl (C=O) groups excluding carboxylic acids is 2. The molecule has 0 radical (unpaired) electrons. The Morgan fingerprint density at radius 1 is 1.07 bits per heavy atom. The molecule has 0 bridgehead atoms. The summed E-state index contributed by atoms with van der Waals surface area (Å²) in [5.41, 5.74) is 0.728. The van der Waals surface area contributed by atoms with Crippen molar-refractivity contribution in [2.45, 2.75) is 13.3 Å². The van der Waals surface area contributed by atoms with E-state index in [1.807, 2.05) is 0 Å². The first-order valence-corrected chi connectivity index (χ1v) is 9.44. The average molecular weight is 434 g/mol. The predicted molar refractivity (Wildman–Crippen MR) is 107 cm³/mol. The van der Waals surface area contributed by atoms with Gasteiger partial charge < -0.3 is 15.2 Å². The van der Waals surface area contributed by atoms with Gasteiger partial charge in [0.15, 0.2) is 0 Å². The molecule has 2 amide bonds. The summed E-state index contributed by atoms with van der Waals surface area (Å²) in [6.45, 7) is 1.83. The van der Waals surface area contributed by atoms with E-state index < -0.39 is 11.7 Å². The van der Waals surface area contributed by atoms with Crippen molar-refractivity contribution in [1.82, 2.24) is 15.8 Å². The van der Waals surface area contributed by atoms with Crippen LogP contribution in [0.3, 0.4) is 0 Å². The maximum absolute atomic E-state index is 14.2. The van der Waals surface area contributed by atoms with Crippen molar-refractivity contribution in [2.75, 3.05) is 13.1 Å². The molecule has 0 atom stereocenters. The molecule has 0 aliphatic carbocycles. The largest absolute Gasteiger partial charge is 0.360 e. The highest BCUT2D eigenvalue weighted by molar-refractivity contribution is 6.33. The lowest BCUT2D eigenvalue weighted by atomic mass is 10.0. The van der Waals surface area contributed by atoms with Crippen LogP contribution in [0.5, 0.6) is 0 Å². The second-order valence-electron chi connectivity index (χ2n) is 6.47. The van der Waals surface area contributed by atoms with E-state index in [0.717, 1.165) is 0 Å². The lowest BCUT2D eigenvalue weighted by Crippen LogP contribution is -2.35. The van der Waals surface area contributed by atoms with E-state index >= 15 is 0 Å². The van der Waals surface area contributed by atoms with E-state index in [0.29, 0.717) is 5.56 Å². The van der Waals surface area contributed by atoms with E-state index in [-0.39, 0.29) is 58.8 Å². The smallest absolute Gasteiger partial charge is 0.257 e. The number of benzene rings is 2. The number of amides is 2. The van der Waals surface area contributed by atoms with Gasteiger partial charge in [-0.1, -0.05) is 35.0 Å². The number of nitrogens with zero attached hydrogens (tertiary/aromatic N) is 1. The van der Waals surface area contributed by atoms with Crippen molar-refractivity contribution >= 4 is 23.4 Å². The van der Waals surface area contributed by atoms with Gasteiger partial charge in [0.25, 0.3) is 5.91 Å². The van der Waals surface area contributed by atoms with Crippen molar-refractivity contribution in [2.24, 2.45) is 0 Å². The average Bonchev–Trinajstić information content (AvgIpc) is 3.08. The Hall–Kier alpha value is -3.26. The van der Waals surface area contributed by atoms with Crippen LogP contribution in [-0.2, 0) is 11.2 Å². The van der Waals surface area contributed by atoms with Crippen LogP contribution in [0.25, 0.3) is 11.3 Å².